The first kappa shape index (κ1) is 16.0. The number of hydrogen-bond acceptors (Lipinski definition) is 2. The molecule has 108 valence electrons. The molecule has 1 aromatic rings. The highest BCUT2D eigenvalue weighted by molar-refractivity contribution is 5.98. The van der Waals surface area contributed by atoms with E-state index in [-0.39, 0.29) is 12.4 Å². The molecule has 0 fully saturated rings. The summed E-state index contributed by atoms with van der Waals surface area (Å²) in [5, 5.41) is 0. The highest BCUT2D eigenvalue weighted by Gasteiger charge is 2.14. The van der Waals surface area contributed by atoms with Gasteiger partial charge in [-0.1, -0.05) is 13.8 Å². The zero-order valence-corrected chi connectivity index (χ0v) is 13.0. The topological polar surface area (TPSA) is 31.2 Å². The third-order valence-corrected chi connectivity index (χ3v) is 3.49. The highest BCUT2D eigenvalue weighted by atomic mass is 16.5. The molecule has 0 aliphatic rings. The molecule has 0 aliphatic heterocycles. The number of Topliss-reactive ketones (excluding diaryl/α,β-unsaturated/α-hetero) is 1. The molecule has 0 radical (unpaired) electrons. The molecule has 0 aromatic carbocycles. The van der Waals surface area contributed by atoms with Crippen molar-refractivity contribution in [2.45, 2.75) is 54.0 Å². The van der Waals surface area contributed by atoms with E-state index in [0.717, 1.165) is 36.3 Å². The Morgan fingerprint density at radius 2 is 2.05 bits per heavy atom. The summed E-state index contributed by atoms with van der Waals surface area (Å²) in [7, 11) is 0. The Kier molecular flexibility index (Phi) is 6.29. The van der Waals surface area contributed by atoms with E-state index in [4.69, 9.17) is 4.74 Å². The van der Waals surface area contributed by atoms with E-state index < -0.39 is 0 Å². The summed E-state index contributed by atoms with van der Waals surface area (Å²) < 4.78 is 7.64. The second-order valence-corrected chi connectivity index (χ2v) is 5.54. The van der Waals surface area contributed by atoms with E-state index in [1.807, 2.05) is 19.9 Å². The Hall–Kier alpha value is -1.09. The molecule has 0 amide bonds. The number of carbonyl (C=O) groups excluding carboxylic acids is 1. The average molecular weight is 265 g/mol. The van der Waals surface area contributed by atoms with Crippen molar-refractivity contribution in [2.24, 2.45) is 5.92 Å². The number of aromatic nitrogens is 1. The predicted octanol–water partition coefficient (Wildman–Crippen LogP) is 3.76. The fourth-order valence-corrected chi connectivity index (χ4v) is 2.41. The maximum absolute atomic E-state index is 12.1. The van der Waals surface area contributed by atoms with Gasteiger partial charge in [-0.2, -0.15) is 0 Å². The summed E-state index contributed by atoms with van der Waals surface area (Å²) in [5.41, 5.74) is 3.00. The third-order valence-electron chi connectivity index (χ3n) is 3.49. The smallest absolute Gasteiger partial charge is 0.190 e. The number of ketones is 1. The van der Waals surface area contributed by atoms with E-state index in [2.05, 4.69) is 25.3 Å². The van der Waals surface area contributed by atoms with Crippen molar-refractivity contribution in [3.05, 3.63) is 23.0 Å². The lowest BCUT2D eigenvalue weighted by Gasteiger charge is -2.07. The molecule has 0 bridgehead atoms. The monoisotopic (exact) mass is 265 g/mol. The van der Waals surface area contributed by atoms with Crippen LogP contribution in [0.4, 0.5) is 0 Å². The van der Waals surface area contributed by atoms with E-state index in [9.17, 15) is 4.79 Å². The Bertz CT molecular complexity index is 419. The maximum atomic E-state index is 12.1. The first-order chi connectivity index (χ1) is 8.97. The van der Waals surface area contributed by atoms with Gasteiger partial charge in [0.1, 0.15) is 6.61 Å². The molecular formula is C16H27NO2. The Balaban J connectivity index is 2.46. The normalized spacial score (nSPS) is 11.3. The van der Waals surface area contributed by atoms with Crippen molar-refractivity contribution < 1.29 is 9.53 Å². The molecule has 19 heavy (non-hydrogen) atoms. The number of rotatable bonds is 8. The minimum absolute atomic E-state index is 0.0948. The first-order valence-electron chi connectivity index (χ1n) is 7.25. The van der Waals surface area contributed by atoms with Crippen LogP contribution < -0.4 is 0 Å². The minimum atomic E-state index is 0.0948. The van der Waals surface area contributed by atoms with Crippen LogP contribution in [0.3, 0.4) is 0 Å². The molecule has 1 rings (SSSR count). The van der Waals surface area contributed by atoms with Gasteiger partial charge in [0.2, 0.25) is 0 Å². The molecule has 1 heterocycles. The molecule has 0 atom stereocenters. The molecule has 3 heteroatoms. The maximum Gasteiger partial charge on any atom is 0.190 e. The van der Waals surface area contributed by atoms with Crippen molar-refractivity contribution in [1.82, 2.24) is 4.57 Å². The number of ether oxygens (including phenoxy) is 1. The number of nitrogens with zero attached hydrogens (tertiary/aromatic N) is 1. The van der Waals surface area contributed by atoms with Gasteiger partial charge in [-0.05, 0) is 45.6 Å². The van der Waals surface area contributed by atoms with Gasteiger partial charge in [-0.3, -0.25) is 4.79 Å². The van der Waals surface area contributed by atoms with Crippen LogP contribution in [0, 0.1) is 19.8 Å². The van der Waals surface area contributed by atoms with Gasteiger partial charge in [-0.15, -0.1) is 0 Å². The second-order valence-electron chi connectivity index (χ2n) is 5.54. The standard InChI is InChI=1S/C16H27NO2/c1-6-17-13(4)10-15(14(17)5)16(18)11-19-9-7-8-12(2)3/h10,12H,6-9,11H2,1-5H3. The van der Waals surface area contributed by atoms with Gasteiger partial charge in [0, 0.05) is 30.1 Å². The van der Waals surface area contributed by atoms with Gasteiger partial charge in [-0.25, -0.2) is 0 Å². The molecule has 0 N–H and O–H groups in total. The lowest BCUT2D eigenvalue weighted by Crippen LogP contribution is -2.11. The summed E-state index contributed by atoms with van der Waals surface area (Å²) in [5.74, 6) is 0.792. The third kappa shape index (κ3) is 4.50. The van der Waals surface area contributed by atoms with E-state index in [1.54, 1.807) is 0 Å². The Labute approximate surface area is 117 Å². The summed E-state index contributed by atoms with van der Waals surface area (Å²) in [4.78, 5) is 12.1. The van der Waals surface area contributed by atoms with Crippen LogP contribution in [-0.2, 0) is 11.3 Å². The fraction of sp³-hybridized carbons (Fsp3) is 0.688. The van der Waals surface area contributed by atoms with Gasteiger partial charge in [0.05, 0.1) is 0 Å². The van der Waals surface area contributed by atoms with Gasteiger partial charge in [0.15, 0.2) is 5.78 Å². The summed E-state index contributed by atoms with van der Waals surface area (Å²) in [6, 6.07) is 1.97. The van der Waals surface area contributed by atoms with Crippen LogP contribution in [0.1, 0.15) is 55.4 Å². The summed E-state index contributed by atoms with van der Waals surface area (Å²) in [6.45, 7) is 12.3. The Morgan fingerprint density at radius 3 is 2.58 bits per heavy atom. The summed E-state index contributed by atoms with van der Waals surface area (Å²) >= 11 is 0. The van der Waals surface area contributed by atoms with E-state index in [0.29, 0.717) is 12.5 Å². The lowest BCUT2D eigenvalue weighted by atomic mass is 10.1. The fourth-order valence-electron chi connectivity index (χ4n) is 2.41. The van der Waals surface area contributed by atoms with Crippen LogP contribution in [0.15, 0.2) is 6.07 Å². The molecule has 0 spiro atoms. The SMILES string of the molecule is CCn1c(C)cc(C(=O)COCCCC(C)C)c1C. The predicted molar refractivity (Wildman–Crippen MR) is 78.8 cm³/mol. The number of hydrogen-bond donors (Lipinski definition) is 0. The van der Waals surface area contributed by atoms with Crippen LogP contribution in [-0.4, -0.2) is 23.6 Å². The van der Waals surface area contributed by atoms with E-state index >= 15 is 0 Å². The number of aryl methyl sites for hydroxylation is 1. The van der Waals surface area contributed by atoms with Gasteiger partial charge < -0.3 is 9.30 Å². The molecule has 3 nitrogen and oxygen atoms in total. The van der Waals surface area contributed by atoms with Crippen LogP contribution in [0.2, 0.25) is 0 Å². The zero-order chi connectivity index (χ0) is 14.4. The van der Waals surface area contributed by atoms with Crippen molar-refractivity contribution in [2.75, 3.05) is 13.2 Å². The van der Waals surface area contributed by atoms with Crippen LogP contribution in [0.25, 0.3) is 0 Å². The van der Waals surface area contributed by atoms with Crippen LogP contribution in [0.5, 0.6) is 0 Å². The Morgan fingerprint density at radius 1 is 1.37 bits per heavy atom. The number of carbonyl (C=O) groups is 1. The van der Waals surface area contributed by atoms with E-state index in [1.165, 1.54) is 0 Å². The van der Waals surface area contributed by atoms with Crippen molar-refractivity contribution >= 4 is 5.78 Å². The quantitative estimate of drug-likeness (QED) is 0.529. The molecule has 1 aromatic heterocycles. The van der Waals surface area contributed by atoms with Crippen LogP contribution >= 0.6 is 0 Å². The minimum Gasteiger partial charge on any atom is -0.373 e. The average Bonchev–Trinajstić information content (AvgIpc) is 2.63. The molecule has 0 unspecified atom stereocenters. The largest absolute Gasteiger partial charge is 0.373 e. The lowest BCUT2D eigenvalue weighted by molar-refractivity contribution is 0.0748. The van der Waals surface area contributed by atoms with Gasteiger partial charge >= 0.3 is 0 Å². The van der Waals surface area contributed by atoms with Crippen molar-refractivity contribution in [1.29, 1.82) is 0 Å². The molecule has 0 aliphatic carbocycles. The highest BCUT2D eigenvalue weighted by Crippen LogP contribution is 2.15. The second kappa shape index (κ2) is 7.49. The van der Waals surface area contributed by atoms with Crippen molar-refractivity contribution in [3.8, 4) is 0 Å². The van der Waals surface area contributed by atoms with Crippen molar-refractivity contribution in [3.63, 3.8) is 0 Å². The molecule has 0 saturated carbocycles. The zero-order valence-electron chi connectivity index (χ0n) is 13.0. The molecular weight excluding hydrogens is 238 g/mol. The van der Waals surface area contributed by atoms with Gasteiger partial charge in [0.25, 0.3) is 0 Å². The first-order valence-corrected chi connectivity index (χ1v) is 7.25. The summed E-state index contributed by atoms with van der Waals surface area (Å²) in [6.07, 6.45) is 2.18. The molecule has 0 saturated heterocycles.